The monoisotopic (exact) mass is 876 g/mol. The standard InChI is InChI=1S/C2H6N56P2/c1-2-60(59)58-57-56-55-54-53-52-51-50-49-48-47-46-45-44-43-42-41-40-39-38-37-36-35-34-33-32-31-30-29-28-27-26-25-24-23-22-21-20-19-18-17-16-15-14-13-12-11-10-9-8-7-6-5-4-3/h3H,2H2,1H3. The van der Waals surface area contributed by atoms with Gasteiger partial charge in [0.2, 0.25) is 0 Å². The van der Waals surface area contributed by atoms with E-state index in [1.54, 1.807) is 0 Å². The Hall–Kier alpha value is -10.5. The summed E-state index contributed by atoms with van der Waals surface area (Å²) in [6.45, 7) is 1.88. The molecule has 0 bridgehead atoms. The fourth-order valence-corrected chi connectivity index (χ4v) is 1.42. The fourth-order valence-electron chi connectivity index (χ4n) is 1.06. The zero-order chi connectivity index (χ0) is 43.2. The number of hydrogen-bond donors (Lipinski definition) is 1. The second-order valence-corrected chi connectivity index (χ2v) is 8.56. The molecular formula is C2H6N56P2. The molecular weight excluding hydrogens is 870 g/mol. The van der Waals surface area contributed by atoms with Crippen molar-refractivity contribution in [1.29, 1.82) is 5.53 Å². The van der Waals surface area contributed by atoms with E-state index in [0.29, 0.717) is 0 Å². The molecule has 0 aliphatic rings. The van der Waals surface area contributed by atoms with E-state index in [9.17, 15) is 0 Å². The van der Waals surface area contributed by atoms with Crippen molar-refractivity contribution in [3.63, 3.8) is 0 Å². The maximum atomic E-state index is 6.26. The molecule has 0 saturated heterocycles. The number of nitrogens with zero attached hydrogens (tertiary/aromatic N) is 55. The molecule has 1 N–H and O–H groups in total. The van der Waals surface area contributed by atoms with Crippen LogP contribution in [-0.4, -0.2) is 6.16 Å². The third kappa shape index (κ3) is 45.6. The van der Waals surface area contributed by atoms with Gasteiger partial charge in [-0.1, -0.05) is 0 Å². The molecule has 56 nitrogen and oxygen atoms in total. The molecule has 0 rings (SSSR count). The predicted molar refractivity (Wildman–Crippen MR) is 161 cm³/mol. The molecule has 60 heavy (non-hydrogen) atoms. The molecule has 0 heterocycles. The van der Waals surface area contributed by atoms with E-state index in [-0.39, 0.29) is 0 Å². The van der Waals surface area contributed by atoms with Crippen LogP contribution < -0.4 is 0 Å². The molecule has 1 unspecified atom stereocenters. The molecule has 0 saturated carbocycles. The minimum absolute atomic E-state index is 0.723. The molecule has 1 atom stereocenters. The van der Waals surface area contributed by atoms with Gasteiger partial charge < -0.3 is 0 Å². The summed E-state index contributed by atoms with van der Waals surface area (Å²) >= 11 is 0. The molecule has 0 radical (unpaired) electrons. The Balaban J connectivity index is 4.08. The minimum Gasteiger partial charge on any atom is -0.183 e. The van der Waals surface area contributed by atoms with Crippen LogP contribution in [0.3, 0.4) is 0 Å². The summed E-state index contributed by atoms with van der Waals surface area (Å²) in [5.41, 5.74) is 6.26. The molecule has 304 valence electrons. The Kier molecular flexibility index (Phi) is 38.4. The number of rotatable bonds is 27. The van der Waals surface area contributed by atoms with E-state index in [2.05, 4.69) is 295 Å². The van der Waals surface area contributed by atoms with Crippen molar-refractivity contribution in [3.05, 3.63) is 0 Å². The van der Waals surface area contributed by atoms with E-state index in [4.69, 9.17) is 5.53 Å². The van der Waals surface area contributed by atoms with Crippen LogP contribution in [0, 0.1) is 5.53 Å². The van der Waals surface area contributed by atoms with Crippen LogP contribution in [0.15, 0.2) is 287 Å². The normalized spacial score (nSPS) is 15.4. The van der Waals surface area contributed by atoms with Gasteiger partial charge in [-0.25, -0.2) is 0 Å². The molecule has 0 aromatic heterocycles. The molecule has 0 aliphatic heterocycles. The molecule has 0 fully saturated rings. The van der Waals surface area contributed by atoms with Gasteiger partial charge in [0.25, 0.3) is 0 Å². The van der Waals surface area contributed by atoms with Gasteiger partial charge in [-0.2, -0.15) is 5.53 Å². The third-order valence-electron chi connectivity index (χ3n) is 2.55. The van der Waals surface area contributed by atoms with Crippen molar-refractivity contribution in [2.75, 3.05) is 6.16 Å². The average molecular weight is 876 g/mol. The van der Waals surface area contributed by atoms with Crippen LogP contribution in [0.2, 0.25) is 0 Å². The van der Waals surface area contributed by atoms with Crippen LogP contribution in [0.25, 0.3) is 0 Å². The molecule has 0 aromatic carbocycles. The topological polar surface area (TPSA) is 704 Å². The van der Waals surface area contributed by atoms with E-state index < -0.39 is 7.17 Å². The van der Waals surface area contributed by atoms with E-state index >= 15 is 0 Å². The van der Waals surface area contributed by atoms with Crippen molar-refractivity contribution in [2.45, 2.75) is 6.92 Å². The summed E-state index contributed by atoms with van der Waals surface area (Å²) in [5.74, 6) is 0. The first-order chi connectivity index (χ1) is 29.8. The van der Waals surface area contributed by atoms with Gasteiger partial charge in [-0.3, -0.25) is 0 Å². The van der Waals surface area contributed by atoms with Gasteiger partial charge in [0.1, 0.15) is 0 Å². The van der Waals surface area contributed by atoms with Gasteiger partial charge in [0, 0.05) is 188 Å². The van der Waals surface area contributed by atoms with Crippen LogP contribution in [0.1, 0.15) is 6.92 Å². The Morgan fingerprint density at radius 3 is 0.467 bits per heavy atom. The van der Waals surface area contributed by atoms with Crippen molar-refractivity contribution in [3.8, 4) is 0 Å². The zero-order valence-electron chi connectivity index (χ0n) is 27.7. The zero-order valence-corrected chi connectivity index (χ0v) is 29.5. The first-order valence-electron chi connectivity index (χ1n) is 12.4. The Labute approximate surface area is 321 Å². The second-order valence-electron chi connectivity index (χ2n) is 5.62. The molecule has 58 heteroatoms. The summed E-state index contributed by atoms with van der Waals surface area (Å²) < 4.78 is 0. The van der Waals surface area contributed by atoms with Crippen LogP contribution >= 0.6 is 15.5 Å². The third-order valence-corrected chi connectivity index (χ3v) is 4.49. The molecule has 0 spiro atoms. The Morgan fingerprint density at radius 1 is 0.233 bits per heavy atom. The molecule has 0 amide bonds. The van der Waals surface area contributed by atoms with Gasteiger partial charge >= 0.3 is 85.7 Å². The Morgan fingerprint density at radius 2 is 0.350 bits per heavy atom. The van der Waals surface area contributed by atoms with Crippen LogP contribution in [0.4, 0.5) is 0 Å². The first kappa shape index (κ1) is 49.5. The van der Waals surface area contributed by atoms with E-state index in [1.165, 1.54) is 0 Å². The summed E-state index contributed by atoms with van der Waals surface area (Å²) in [7, 11) is 3.23. The summed E-state index contributed by atoms with van der Waals surface area (Å²) in [6.07, 6.45) is 0.723. The van der Waals surface area contributed by atoms with Crippen molar-refractivity contribution in [2.24, 2.45) is 287 Å². The van der Waals surface area contributed by atoms with Crippen molar-refractivity contribution < 1.29 is 0 Å². The summed E-state index contributed by atoms with van der Waals surface area (Å²) in [6, 6.07) is 0. The second kappa shape index (κ2) is 46.6. The van der Waals surface area contributed by atoms with Gasteiger partial charge in [-0.05, 0) is 41.8 Å². The minimum atomic E-state index is -0.882. The summed E-state index contributed by atoms with van der Waals surface area (Å²) in [4.78, 5) is 3.69. The summed E-state index contributed by atoms with van der Waals surface area (Å²) in [5, 5.41) is 162. The van der Waals surface area contributed by atoms with Crippen LogP contribution in [-0.2, 0) is 0 Å². The van der Waals surface area contributed by atoms with E-state index in [1.807, 2.05) is 6.92 Å². The van der Waals surface area contributed by atoms with Gasteiger partial charge in [0.15, 0.2) is 0 Å². The van der Waals surface area contributed by atoms with Gasteiger partial charge in [-0.15, -0.1) is 0 Å². The van der Waals surface area contributed by atoms with Gasteiger partial charge in [0.05, 0.1) is 0 Å². The average Bonchev–Trinajstić information content (AvgIpc) is 3.26. The maximum absolute atomic E-state index is 6.26. The number of nitrogens with one attached hydrogen (secondary N) is 1. The Bertz CT molecular complexity index is 2050. The number of hydrogen-bond acceptors (Lipinski definition) is 2. The van der Waals surface area contributed by atoms with Crippen molar-refractivity contribution >= 4 is 15.5 Å². The molecule has 0 aromatic rings. The van der Waals surface area contributed by atoms with E-state index in [0.717, 1.165) is 6.16 Å². The smallest absolute Gasteiger partial charge is 0.183 e. The predicted octanol–water partition coefficient (Wildman–Crippen LogP) is 12.7. The first-order valence-corrected chi connectivity index (χ1v) is 15.1. The SMILES string of the molecule is CCP(#P)N=NN=NN=NN=NN=NN=NN=NN=NN=NN=NN=NN=NN=NN=NN=NN=NN=NN=NN=NN=NN=NN=NN=NN=NN=NN=NN=NN=N. The molecule has 0 aliphatic carbocycles. The quantitative estimate of drug-likeness (QED) is 0.0457. The van der Waals surface area contributed by atoms with Crippen molar-refractivity contribution in [1.82, 2.24) is 0 Å². The fraction of sp³-hybridized carbons (Fsp3) is 1.00. The van der Waals surface area contributed by atoms with Crippen LogP contribution in [0.5, 0.6) is 0 Å².